The number of likely N-dealkylation sites (tertiary alicyclic amines) is 1. The lowest BCUT2D eigenvalue weighted by atomic mass is 9.71. The van der Waals surface area contributed by atoms with Crippen LogP contribution in [0, 0.1) is 0 Å². The Labute approximate surface area is 174 Å². The largest absolute Gasteiger partial charge is 0.339 e. The molecule has 4 nitrogen and oxygen atoms in total. The normalized spacial score (nSPS) is 25.0. The summed E-state index contributed by atoms with van der Waals surface area (Å²) >= 11 is 0. The number of benzene rings is 2. The van der Waals surface area contributed by atoms with Gasteiger partial charge in [0.05, 0.1) is 5.41 Å². The Balaban J connectivity index is 1.54. The molecule has 2 aliphatic rings. The molecular weight excluding hydrogens is 358 g/mol. The van der Waals surface area contributed by atoms with Gasteiger partial charge in [-0.3, -0.25) is 9.69 Å². The molecule has 154 valence electrons. The summed E-state index contributed by atoms with van der Waals surface area (Å²) in [6.07, 6.45) is 1.77. The average molecular weight is 392 g/mol. The van der Waals surface area contributed by atoms with E-state index in [9.17, 15) is 4.79 Å². The summed E-state index contributed by atoms with van der Waals surface area (Å²) < 4.78 is 0. The number of piperidine rings is 1. The molecule has 2 unspecified atom stereocenters. The fourth-order valence-electron chi connectivity index (χ4n) is 5.11. The molecule has 0 radical (unpaired) electrons. The summed E-state index contributed by atoms with van der Waals surface area (Å²) in [5.74, 6) is 0.322. The van der Waals surface area contributed by atoms with Gasteiger partial charge in [0.2, 0.25) is 5.91 Å². The molecule has 2 atom stereocenters. The van der Waals surface area contributed by atoms with E-state index in [1.165, 1.54) is 11.1 Å². The molecule has 4 rings (SSSR count). The molecule has 0 bridgehead atoms. The molecule has 2 aliphatic heterocycles. The summed E-state index contributed by atoms with van der Waals surface area (Å²) in [6, 6.07) is 21.8. The first-order chi connectivity index (χ1) is 14.1. The first-order valence-corrected chi connectivity index (χ1v) is 10.9. The van der Waals surface area contributed by atoms with Gasteiger partial charge in [-0.2, -0.15) is 0 Å². The SMILES string of the molecule is CC1CN(C(=O)C2(c3ccccc3)CCN(Cc3ccccc3)CC2)CC(C)N1. The van der Waals surface area contributed by atoms with Gasteiger partial charge in [-0.25, -0.2) is 0 Å². The van der Waals surface area contributed by atoms with Crippen LogP contribution in [-0.2, 0) is 16.8 Å². The highest BCUT2D eigenvalue weighted by Gasteiger charge is 2.45. The molecule has 1 amide bonds. The van der Waals surface area contributed by atoms with Crippen molar-refractivity contribution in [1.29, 1.82) is 0 Å². The second-order valence-electron chi connectivity index (χ2n) is 8.89. The molecule has 0 saturated carbocycles. The minimum Gasteiger partial charge on any atom is -0.339 e. The molecule has 2 aromatic carbocycles. The predicted molar refractivity (Wildman–Crippen MR) is 118 cm³/mol. The average Bonchev–Trinajstić information content (AvgIpc) is 2.75. The summed E-state index contributed by atoms with van der Waals surface area (Å²) in [6.45, 7) is 8.80. The summed E-state index contributed by atoms with van der Waals surface area (Å²) in [4.78, 5) is 18.5. The molecular formula is C25H33N3O. The maximum atomic E-state index is 13.9. The van der Waals surface area contributed by atoms with E-state index in [0.717, 1.165) is 45.6 Å². The van der Waals surface area contributed by atoms with Crippen molar-refractivity contribution in [2.45, 2.75) is 50.7 Å². The number of nitrogens with one attached hydrogen (secondary N) is 1. The third kappa shape index (κ3) is 4.39. The number of nitrogens with zero attached hydrogens (tertiary/aromatic N) is 2. The maximum absolute atomic E-state index is 13.9. The monoisotopic (exact) mass is 391 g/mol. The van der Waals surface area contributed by atoms with E-state index >= 15 is 0 Å². The van der Waals surface area contributed by atoms with Gasteiger partial charge < -0.3 is 10.2 Å². The Hall–Kier alpha value is -2.17. The second-order valence-corrected chi connectivity index (χ2v) is 8.89. The van der Waals surface area contributed by atoms with Crippen molar-refractivity contribution in [3.05, 3.63) is 71.8 Å². The lowest BCUT2D eigenvalue weighted by Gasteiger charge is -2.46. The fourth-order valence-corrected chi connectivity index (χ4v) is 5.11. The van der Waals surface area contributed by atoms with Crippen molar-refractivity contribution in [2.75, 3.05) is 26.2 Å². The van der Waals surface area contributed by atoms with Gasteiger partial charge in [0, 0.05) is 31.7 Å². The van der Waals surface area contributed by atoms with Crippen LogP contribution < -0.4 is 5.32 Å². The Morgan fingerprint density at radius 1 is 0.931 bits per heavy atom. The quantitative estimate of drug-likeness (QED) is 0.867. The molecule has 1 N–H and O–H groups in total. The molecule has 0 aromatic heterocycles. The smallest absolute Gasteiger partial charge is 0.233 e. The molecule has 2 saturated heterocycles. The highest BCUT2D eigenvalue weighted by Crippen LogP contribution is 2.38. The topological polar surface area (TPSA) is 35.6 Å². The standard InChI is InChI=1S/C25H33N3O/c1-20-17-28(18-21(2)26-20)24(29)25(23-11-7-4-8-12-23)13-15-27(16-14-25)19-22-9-5-3-6-10-22/h3-12,20-21,26H,13-19H2,1-2H3. The van der Waals surface area contributed by atoms with E-state index in [0.29, 0.717) is 18.0 Å². The van der Waals surface area contributed by atoms with Gasteiger partial charge in [-0.05, 0) is 50.9 Å². The second kappa shape index (κ2) is 8.68. The van der Waals surface area contributed by atoms with Crippen LogP contribution in [0.3, 0.4) is 0 Å². The van der Waals surface area contributed by atoms with Crippen molar-refractivity contribution in [1.82, 2.24) is 15.1 Å². The van der Waals surface area contributed by atoms with E-state index in [1.807, 2.05) is 6.07 Å². The Morgan fingerprint density at radius 3 is 2.07 bits per heavy atom. The van der Waals surface area contributed by atoms with Crippen LogP contribution in [0.5, 0.6) is 0 Å². The zero-order chi connectivity index (χ0) is 20.3. The molecule has 29 heavy (non-hydrogen) atoms. The third-order valence-corrected chi connectivity index (χ3v) is 6.54. The van der Waals surface area contributed by atoms with E-state index in [1.54, 1.807) is 0 Å². The van der Waals surface area contributed by atoms with Gasteiger partial charge in [-0.15, -0.1) is 0 Å². The van der Waals surface area contributed by atoms with Crippen LogP contribution in [0.25, 0.3) is 0 Å². The number of rotatable bonds is 4. The van der Waals surface area contributed by atoms with Gasteiger partial charge in [-0.1, -0.05) is 60.7 Å². The Kier molecular flexibility index (Phi) is 6.02. The zero-order valence-corrected chi connectivity index (χ0v) is 17.7. The lowest BCUT2D eigenvalue weighted by molar-refractivity contribution is -0.141. The van der Waals surface area contributed by atoms with Crippen molar-refractivity contribution in [3.8, 4) is 0 Å². The molecule has 2 heterocycles. The zero-order valence-electron chi connectivity index (χ0n) is 17.7. The van der Waals surface area contributed by atoms with Crippen molar-refractivity contribution >= 4 is 5.91 Å². The highest BCUT2D eigenvalue weighted by atomic mass is 16.2. The lowest BCUT2D eigenvalue weighted by Crippen LogP contribution is -2.61. The van der Waals surface area contributed by atoms with Crippen LogP contribution in [0.1, 0.15) is 37.8 Å². The van der Waals surface area contributed by atoms with Crippen LogP contribution in [0.2, 0.25) is 0 Å². The summed E-state index contributed by atoms with van der Waals surface area (Å²) in [7, 11) is 0. The number of amides is 1. The van der Waals surface area contributed by atoms with Crippen molar-refractivity contribution in [2.24, 2.45) is 0 Å². The molecule has 0 spiro atoms. The minimum absolute atomic E-state index is 0.322. The van der Waals surface area contributed by atoms with Crippen molar-refractivity contribution < 1.29 is 4.79 Å². The summed E-state index contributed by atoms with van der Waals surface area (Å²) in [5.41, 5.74) is 2.13. The Morgan fingerprint density at radius 2 is 1.48 bits per heavy atom. The van der Waals surface area contributed by atoms with Gasteiger partial charge in [0.1, 0.15) is 0 Å². The first-order valence-electron chi connectivity index (χ1n) is 10.9. The molecule has 2 fully saturated rings. The fraction of sp³-hybridized carbons (Fsp3) is 0.480. The van der Waals surface area contributed by atoms with Crippen LogP contribution in [-0.4, -0.2) is 54.0 Å². The number of hydrogen-bond donors (Lipinski definition) is 1. The number of hydrogen-bond acceptors (Lipinski definition) is 3. The van der Waals surface area contributed by atoms with Crippen LogP contribution in [0.15, 0.2) is 60.7 Å². The third-order valence-electron chi connectivity index (χ3n) is 6.54. The van der Waals surface area contributed by atoms with Gasteiger partial charge in [0.25, 0.3) is 0 Å². The highest BCUT2D eigenvalue weighted by molar-refractivity contribution is 5.88. The first kappa shape index (κ1) is 20.1. The number of carbonyl (C=O) groups excluding carboxylic acids is 1. The van der Waals surface area contributed by atoms with Crippen LogP contribution in [0.4, 0.5) is 0 Å². The van der Waals surface area contributed by atoms with E-state index < -0.39 is 5.41 Å². The maximum Gasteiger partial charge on any atom is 0.233 e. The van der Waals surface area contributed by atoms with E-state index in [-0.39, 0.29) is 0 Å². The van der Waals surface area contributed by atoms with E-state index in [4.69, 9.17) is 0 Å². The van der Waals surface area contributed by atoms with Crippen molar-refractivity contribution in [3.63, 3.8) is 0 Å². The molecule has 4 heteroatoms. The molecule has 0 aliphatic carbocycles. The Bertz CT molecular complexity index is 789. The number of carbonyl (C=O) groups is 1. The molecule has 2 aromatic rings. The van der Waals surface area contributed by atoms with Gasteiger partial charge >= 0.3 is 0 Å². The van der Waals surface area contributed by atoms with Gasteiger partial charge in [0.15, 0.2) is 0 Å². The number of piperazine rings is 1. The van der Waals surface area contributed by atoms with Crippen LogP contribution >= 0.6 is 0 Å². The summed E-state index contributed by atoms with van der Waals surface area (Å²) in [5, 5.41) is 3.55. The predicted octanol–water partition coefficient (Wildman–Crippen LogP) is 3.43. The van der Waals surface area contributed by atoms with E-state index in [2.05, 4.69) is 83.6 Å². The minimum atomic E-state index is -0.398.